The summed E-state index contributed by atoms with van der Waals surface area (Å²) in [4.78, 5) is 31.6. The first-order valence-corrected chi connectivity index (χ1v) is 11.5. The van der Waals surface area contributed by atoms with Crippen LogP contribution in [0.5, 0.6) is 0 Å². The molecule has 0 atom stereocenters. The zero-order chi connectivity index (χ0) is 23.0. The highest BCUT2D eigenvalue weighted by molar-refractivity contribution is 7.80. The number of carbonyl (C=O) groups is 2. The standard InChI is InChI=1S/C24H20ClN3O2S2/c1-24(2,3)19-13-32-21(26-19)15-6-4-14(5-7-15)12-18-20(29)27-23(31)28(22(18)30)17-10-8-16(25)9-11-17/h4-13H,1-3H3,(H,27,29,31)/b18-12+. The summed E-state index contributed by atoms with van der Waals surface area (Å²) in [5, 5.41) is 6.17. The van der Waals surface area contributed by atoms with Crippen molar-refractivity contribution in [3.63, 3.8) is 0 Å². The van der Waals surface area contributed by atoms with Crippen LogP contribution in [0.2, 0.25) is 5.02 Å². The number of amides is 2. The number of rotatable bonds is 3. The molecule has 1 aromatic heterocycles. The number of halogens is 1. The predicted octanol–water partition coefficient (Wildman–Crippen LogP) is 5.59. The summed E-state index contributed by atoms with van der Waals surface area (Å²) < 4.78 is 0. The molecule has 4 rings (SSSR count). The van der Waals surface area contributed by atoms with Gasteiger partial charge in [-0.3, -0.25) is 19.8 Å². The van der Waals surface area contributed by atoms with Crippen molar-refractivity contribution in [2.24, 2.45) is 0 Å². The topological polar surface area (TPSA) is 62.3 Å². The maximum absolute atomic E-state index is 13.1. The molecule has 2 heterocycles. The lowest BCUT2D eigenvalue weighted by Gasteiger charge is -2.28. The molecule has 0 spiro atoms. The van der Waals surface area contributed by atoms with Gasteiger partial charge in [0.1, 0.15) is 10.6 Å². The van der Waals surface area contributed by atoms with E-state index in [1.165, 1.54) is 4.90 Å². The van der Waals surface area contributed by atoms with Gasteiger partial charge in [-0.1, -0.05) is 56.6 Å². The number of hydrogen-bond donors (Lipinski definition) is 1. The normalized spacial score (nSPS) is 15.9. The third kappa shape index (κ3) is 4.50. The second-order valence-corrected chi connectivity index (χ2v) is 10.0. The molecule has 1 aliphatic rings. The van der Waals surface area contributed by atoms with Crippen LogP contribution in [-0.2, 0) is 15.0 Å². The lowest BCUT2D eigenvalue weighted by Crippen LogP contribution is -2.54. The number of benzene rings is 2. The number of thiazole rings is 1. The Kier molecular flexibility index (Phi) is 5.99. The maximum Gasteiger partial charge on any atom is 0.270 e. The van der Waals surface area contributed by atoms with Gasteiger partial charge in [-0.25, -0.2) is 4.98 Å². The minimum absolute atomic E-state index is 0.00516. The van der Waals surface area contributed by atoms with Gasteiger partial charge >= 0.3 is 0 Å². The van der Waals surface area contributed by atoms with E-state index in [0.29, 0.717) is 10.7 Å². The second kappa shape index (κ2) is 8.58. The zero-order valence-electron chi connectivity index (χ0n) is 17.7. The molecule has 1 fully saturated rings. The van der Waals surface area contributed by atoms with Gasteiger partial charge in [-0.05, 0) is 48.1 Å². The molecule has 0 unspecified atom stereocenters. The van der Waals surface area contributed by atoms with Gasteiger partial charge in [0.2, 0.25) is 0 Å². The highest BCUT2D eigenvalue weighted by atomic mass is 35.5. The number of thiocarbonyl (C=S) groups is 1. The van der Waals surface area contributed by atoms with Gasteiger partial charge in [0.15, 0.2) is 5.11 Å². The quantitative estimate of drug-likeness (QED) is 0.301. The highest BCUT2D eigenvalue weighted by Crippen LogP contribution is 2.30. The van der Waals surface area contributed by atoms with Crippen molar-refractivity contribution in [3.8, 4) is 10.6 Å². The van der Waals surface area contributed by atoms with Crippen molar-refractivity contribution >= 4 is 63.8 Å². The van der Waals surface area contributed by atoms with E-state index in [2.05, 4.69) is 31.5 Å². The van der Waals surface area contributed by atoms with Crippen LogP contribution < -0.4 is 10.2 Å². The molecule has 0 saturated carbocycles. The Morgan fingerprint density at radius 2 is 1.72 bits per heavy atom. The third-order valence-electron chi connectivity index (χ3n) is 4.93. The summed E-state index contributed by atoms with van der Waals surface area (Å²) in [6.07, 6.45) is 1.56. The molecule has 2 aromatic carbocycles. The van der Waals surface area contributed by atoms with Crippen LogP contribution in [0.25, 0.3) is 16.6 Å². The molecule has 0 aliphatic carbocycles. The van der Waals surface area contributed by atoms with Gasteiger partial charge in [-0.2, -0.15) is 0 Å². The Balaban J connectivity index is 1.61. The average Bonchev–Trinajstić information content (AvgIpc) is 3.24. The Bertz CT molecular complexity index is 1240. The summed E-state index contributed by atoms with van der Waals surface area (Å²) in [6, 6.07) is 14.3. The van der Waals surface area contributed by atoms with E-state index in [-0.39, 0.29) is 16.1 Å². The smallest absolute Gasteiger partial charge is 0.270 e. The molecule has 8 heteroatoms. The average molecular weight is 482 g/mol. The van der Waals surface area contributed by atoms with Crippen LogP contribution in [0, 0.1) is 0 Å². The number of nitrogens with one attached hydrogen (secondary N) is 1. The summed E-state index contributed by atoms with van der Waals surface area (Å²) in [5.41, 5.74) is 3.28. The fourth-order valence-electron chi connectivity index (χ4n) is 3.12. The van der Waals surface area contributed by atoms with Crippen molar-refractivity contribution < 1.29 is 9.59 Å². The van der Waals surface area contributed by atoms with E-state index in [9.17, 15) is 9.59 Å². The van der Waals surface area contributed by atoms with E-state index in [4.69, 9.17) is 28.8 Å². The number of nitrogens with zero attached hydrogens (tertiary/aromatic N) is 2. The molecule has 1 aliphatic heterocycles. The Morgan fingerprint density at radius 3 is 2.31 bits per heavy atom. The first-order chi connectivity index (χ1) is 15.1. The van der Waals surface area contributed by atoms with Crippen LogP contribution in [0.1, 0.15) is 32.0 Å². The highest BCUT2D eigenvalue weighted by Gasteiger charge is 2.34. The summed E-state index contributed by atoms with van der Waals surface area (Å²) in [5.74, 6) is -1.01. The van der Waals surface area contributed by atoms with Crippen molar-refractivity contribution in [1.82, 2.24) is 10.3 Å². The molecule has 0 bridgehead atoms. The molecule has 2 amide bonds. The number of aromatic nitrogens is 1. The monoisotopic (exact) mass is 481 g/mol. The van der Waals surface area contributed by atoms with Crippen LogP contribution in [-0.4, -0.2) is 21.9 Å². The first kappa shape index (κ1) is 22.3. The molecule has 5 nitrogen and oxygen atoms in total. The fourth-order valence-corrected chi connectivity index (χ4v) is 4.58. The largest absolute Gasteiger partial charge is 0.298 e. The van der Waals surface area contributed by atoms with Gasteiger partial charge in [0.05, 0.1) is 11.4 Å². The van der Waals surface area contributed by atoms with Crippen LogP contribution in [0.4, 0.5) is 5.69 Å². The second-order valence-electron chi connectivity index (χ2n) is 8.34. The molecule has 3 aromatic rings. The van der Waals surface area contributed by atoms with E-state index >= 15 is 0 Å². The fraction of sp³-hybridized carbons (Fsp3) is 0.167. The molecule has 162 valence electrons. The summed E-state index contributed by atoms with van der Waals surface area (Å²) >= 11 is 12.8. The molecular weight excluding hydrogens is 462 g/mol. The lowest BCUT2D eigenvalue weighted by molar-refractivity contribution is -0.122. The zero-order valence-corrected chi connectivity index (χ0v) is 20.1. The predicted molar refractivity (Wildman–Crippen MR) is 134 cm³/mol. The van der Waals surface area contributed by atoms with Crippen molar-refractivity contribution in [1.29, 1.82) is 0 Å². The number of hydrogen-bond acceptors (Lipinski definition) is 5. The molecule has 0 radical (unpaired) electrons. The number of anilines is 1. The lowest BCUT2D eigenvalue weighted by atomic mass is 9.93. The van der Waals surface area contributed by atoms with Crippen molar-refractivity contribution in [3.05, 3.63) is 75.8 Å². The van der Waals surface area contributed by atoms with E-state index < -0.39 is 11.8 Å². The third-order valence-corrected chi connectivity index (χ3v) is 6.36. The first-order valence-electron chi connectivity index (χ1n) is 9.87. The Labute approximate surface area is 200 Å². The molecule has 1 saturated heterocycles. The van der Waals surface area contributed by atoms with E-state index in [1.54, 1.807) is 41.7 Å². The van der Waals surface area contributed by atoms with Gasteiger partial charge in [-0.15, -0.1) is 11.3 Å². The summed E-state index contributed by atoms with van der Waals surface area (Å²) in [7, 11) is 0. The molecule has 1 N–H and O–H groups in total. The minimum atomic E-state index is -0.524. The molecular formula is C24H20ClN3O2S2. The SMILES string of the molecule is CC(C)(C)c1csc(-c2ccc(/C=C3\C(=O)NC(=S)N(c4ccc(Cl)cc4)C3=O)cc2)n1. The van der Waals surface area contributed by atoms with Crippen molar-refractivity contribution in [2.45, 2.75) is 26.2 Å². The van der Waals surface area contributed by atoms with Crippen molar-refractivity contribution in [2.75, 3.05) is 4.90 Å². The molecule has 32 heavy (non-hydrogen) atoms. The van der Waals surface area contributed by atoms with Gasteiger partial charge in [0.25, 0.3) is 11.8 Å². The van der Waals surface area contributed by atoms with Gasteiger partial charge < -0.3 is 0 Å². The Hall–Kier alpha value is -2.87. The van der Waals surface area contributed by atoms with E-state index in [0.717, 1.165) is 21.8 Å². The van der Waals surface area contributed by atoms with Crippen LogP contribution >= 0.6 is 35.2 Å². The van der Waals surface area contributed by atoms with E-state index in [1.807, 2.05) is 24.3 Å². The summed E-state index contributed by atoms with van der Waals surface area (Å²) in [6.45, 7) is 6.39. The van der Waals surface area contributed by atoms with Crippen LogP contribution in [0.15, 0.2) is 59.5 Å². The number of carbonyl (C=O) groups excluding carboxylic acids is 2. The van der Waals surface area contributed by atoms with Gasteiger partial charge in [0, 0.05) is 21.4 Å². The van der Waals surface area contributed by atoms with Crippen LogP contribution in [0.3, 0.4) is 0 Å². The minimum Gasteiger partial charge on any atom is -0.298 e. The maximum atomic E-state index is 13.1. The Morgan fingerprint density at radius 1 is 1.06 bits per heavy atom.